The fraction of sp³-hybridized carbons (Fsp3) is 0.235. The van der Waals surface area contributed by atoms with Crippen molar-refractivity contribution in [2.45, 2.75) is 24.9 Å². The summed E-state index contributed by atoms with van der Waals surface area (Å²) in [6.07, 6.45) is 1.63. The van der Waals surface area contributed by atoms with Gasteiger partial charge in [0.25, 0.3) is 0 Å². The van der Waals surface area contributed by atoms with Crippen LogP contribution in [0.4, 0.5) is 0 Å². The van der Waals surface area contributed by atoms with Crippen molar-refractivity contribution in [3.05, 3.63) is 52.2 Å². The number of hydrogen-bond donors (Lipinski definition) is 0. The molecule has 0 amide bonds. The highest BCUT2D eigenvalue weighted by Crippen LogP contribution is 2.26. The molecule has 1 aromatic carbocycles. The molecule has 8 heteroatoms. The number of aromatic nitrogens is 4. The van der Waals surface area contributed by atoms with E-state index in [0.717, 1.165) is 16.9 Å². The summed E-state index contributed by atoms with van der Waals surface area (Å²) in [6.45, 7) is 3.85. The van der Waals surface area contributed by atoms with E-state index in [9.17, 15) is 10.1 Å². The van der Waals surface area contributed by atoms with Crippen molar-refractivity contribution >= 4 is 28.9 Å². The van der Waals surface area contributed by atoms with Gasteiger partial charge in [0.1, 0.15) is 11.3 Å². The van der Waals surface area contributed by atoms with Gasteiger partial charge in [0, 0.05) is 11.1 Å². The number of para-hydroxylation sites is 1. The maximum atomic E-state index is 12.5. The minimum absolute atomic E-state index is 0.140. The molecular weight excluding hydrogens is 354 g/mol. The van der Waals surface area contributed by atoms with Crippen LogP contribution < -0.4 is 0 Å². The summed E-state index contributed by atoms with van der Waals surface area (Å²) in [4.78, 5) is 16.7. The Morgan fingerprint density at radius 2 is 2.20 bits per heavy atom. The highest BCUT2D eigenvalue weighted by atomic mass is 32.2. The quantitative estimate of drug-likeness (QED) is 0.620. The number of nitrogens with zero attached hydrogens (tertiary/aromatic N) is 5. The van der Waals surface area contributed by atoms with Crippen LogP contribution in [0.3, 0.4) is 0 Å². The molecule has 126 valence electrons. The molecule has 1 atom stereocenters. The van der Waals surface area contributed by atoms with Gasteiger partial charge in [-0.1, -0.05) is 30.0 Å². The van der Waals surface area contributed by atoms with Gasteiger partial charge in [-0.05, 0) is 25.5 Å². The Bertz CT molecular complexity index is 940. The molecule has 0 fully saturated rings. The van der Waals surface area contributed by atoms with Crippen LogP contribution in [0, 0.1) is 25.2 Å². The average molecular weight is 369 g/mol. The van der Waals surface area contributed by atoms with Gasteiger partial charge in [0.2, 0.25) is 0 Å². The molecule has 6 nitrogen and oxygen atoms in total. The van der Waals surface area contributed by atoms with Crippen molar-refractivity contribution in [2.24, 2.45) is 0 Å². The monoisotopic (exact) mass is 369 g/mol. The van der Waals surface area contributed by atoms with Crippen molar-refractivity contribution in [1.82, 2.24) is 19.7 Å². The van der Waals surface area contributed by atoms with Crippen LogP contribution >= 0.6 is 23.1 Å². The van der Waals surface area contributed by atoms with Crippen molar-refractivity contribution < 1.29 is 4.79 Å². The number of ketones is 1. The van der Waals surface area contributed by atoms with Crippen molar-refractivity contribution in [2.75, 3.05) is 5.75 Å². The van der Waals surface area contributed by atoms with Gasteiger partial charge in [-0.3, -0.25) is 9.36 Å². The molecule has 2 aromatic heterocycles. The smallest absolute Gasteiger partial charge is 0.196 e. The molecule has 0 radical (unpaired) electrons. The molecule has 25 heavy (non-hydrogen) atoms. The molecule has 3 rings (SSSR count). The predicted molar refractivity (Wildman–Crippen MR) is 97.0 cm³/mol. The second-order valence-electron chi connectivity index (χ2n) is 5.41. The summed E-state index contributed by atoms with van der Waals surface area (Å²) in [6, 6.07) is 9.95. The van der Waals surface area contributed by atoms with E-state index in [-0.39, 0.29) is 11.5 Å². The summed E-state index contributed by atoms with van der Waals surface area (Å²) < 4.78 is 1.85. The van der Waals surface area contributed by atoms with Gasteiger partial charge >= 0.3 is 0 Å². The third kappa shape index (κ3) is 3.78. The molecule has 0 N–H and O–H groups in total. The van der Waals surface area contributed by atoms with Crippen molar-refractivity contribution in [3.8, 4) is 11.8 Å². The summed E-state index contributed by atoms with van der Waals surface area (Å²) >= 11 is 2.62. The Labute approximate surface area is 153 Å². The Morgan fingerprint density at radius 3 is 2.88 bits per heavy atom. The molecular formula is C17H15N5OS2. The third-order valence-electron chi connectivity index (χ3n) is 3.57. The topological polar surface area (TPSA) is 84.5 Å². The van der Waals surface area contributed by atoms with Gasteiger partial charge in [0.05, 0.1) is 17.5 Å². The fourth-order valence-corrected chi connectivity index (χ4v) is 4.00. The molecule has 0 bridgehead atoms. The third-order valence-corrected chi connectivity index (χ3v) is 5.56. The van der Waals surface area contributed by atoms with Gasteiger partial charge < -0.3 is 0 Å². The number of carbonyl (C=O) groups excluding carboxylic acids is 1. The minimum atomic E-state index is -0.832. The highest BCUT2D eigenvalue weighted by Gasteiger charge is 2.24. The Kier molecular flexibility index (Phi) is 5.26. The lowest BCUT2D eigenvalue weighted by Gasteiger charge is -2.09. The highest BCUT2D eigenvalue weighted by molar-refractivity contribution is 7.99. The molecule has 0 spiro atoms. The van der Waals surface area contributed by atoms with Crippen LogP contribution in [0.5, 0.6) is 0 Å². The lowest BCUT2D eigenvalue weighted by Crippen LogP contribution is -2.13. The van der Waals surface area contributed by atoms with Gasteiger partial charge in [-0.2, -0.15) is 5.26 Å². The SMILES string of the molecule is Cc1csc(C(C#N)C(=O)CSc2nncn2-c2ccccc2C)n1. The van der Waals surface area contributed by atoms with Crippen LogP contribution in [0.1, 0.15) is 22.2 Å². The largest absolute Gasteiger partial charge is 0.297 e. The number of thioether (sulfide) groups is 1. The zero-order valence-corrected chi connectivity index (χ0v) is 15.3. The lowest BCUT2D eigenvalue weighted by atomic mass is 10.1. The van der Waals surface area contributed by atoms with Gasteiger partial charge in [0.15, 0.2) is 16.9 Å². The number of benzene rings is 1. The average Bonchev–Trinajstić information content (AvgIpc) is 3.23. The van der Waals surface area contributed by atoms with Crippen LogP contribution in [0.25, 0.3) is 5.69 Å². The zero-order chi connectivity index (χ0) is 17.8. The number of aryl methyl sites for hydroxylation is 2. The summed E-state index contributed by atoms with van der Waals surface area (Å²) in [7, 11) is 0. The standard InChI is InChI=1S/C17H15N5OS2/c1-11-5-3-4-6-14(11)22-10-19-21-17(22)25-9-15(23)13(7-18)16-20-12(2)8-24-16/h3-6,8,10,13H,9H2,1-2H3. The zero-order valence-electron chi connectivity index (χ0n) is 13.7. The summed E-state index contributed by atoms with van der Waals surface area (Å²) in [5.41, 5.74) is 2.87. The van der Waals surface area contributed by atoms with E-state index in [4.69, 9.17) is 0 Å². The molecule has 0 saturated heterocycles. The Balaban J connectivity index is 1.74. The maximum absolute atomic E-state index is 12.5. The fourth-order valence-electron chi connectivity index (χ4n) is 2.31. The maximum Gasteiger partial charge on any atom is 0.196 e. The predicted octanol–water partition coefficient (Wildman–Crippen LogP) is 3.31. The van der Waals surface area contributed by atoms with E-state index in [2.05, 4.69) is 21.3 Å². The van der Waals surface area contributed by atoms with Crippen LogP contribution in [-0.2, 0) is 4.79 Å². The second-order valence-corrected chi connectivity index (χ2v) is 7.25. The number of hydrogen-bond acceptors (Lipinski definition) is 7. The number of carbonyl (C=O) groups is 1. The van der Waals surface area contributed by atoms with E-state index in [1.165, 1.54) is 23.1 Å². The number of Topliss-reactive ketones (excluding diaryl/α,β-unsaturated/α-hetero) is 1. The second kappa shape index (κ2) is 7.59. The van der Waals surface area contributed by atoms with Gasteiger partial charge in [-0.15, -0.1) is 21.5 Å². The normalized spacial score (nSPS) is 11.9. The molecule has 1 unspecified atom stereocenters. The van der Waals surface area contributed by atoms with E-state index < -0.39 is 5.92 Å². The van der Waals surface area contributed by atoms with E-state index in [0.29, 0.717) is 10.2 Å². The number of rotatable bonds is 6. The summed E-state index contributed by atoms with van der Waals surface area (Å²) in [5.74, 6) is -0.872. The van der Waals surface area contributed by atoms with E-state index in [1.807, 2.05) is 48.1 Å². The summed E-state index contributed by atoms with van der Waals surface area (Å²) in [5, 5.41) is 20.4. The van der Waals surface area contributed by atoms with Crippen LogP contribution in [0.15, 0.2) is 41.1 Å². The molecule has 0 aliphatic carbocycles. The van der Waals surface area contributed by atoms with E-state index in [1.54, 1.807) is 6.33 Å². The first-order chi connectivity index (χ1) is 12.1. The van der Waals surface area contributed by atoms with Crippen molar-refractivity contribution in [1.29, 1.82) is 5.26 Å². The van der Waals surface area contributed by atoms with Gasteiger partial charge in [-0.25, -0.2) is 4.98 Å². The number of nitriles is 1. The molecule has 3 aromatic rings. The van der Waals surface area contributed by atoms with Crippen LogP contribution in [0.2, 0.25) is 0 Å². The number of thiazole rings is 1. The first kappa shape index (κ1) is 17.3. The molecule has 2 heterocycles. The first-order valence-electron chi connectivity index (χ1n) is 7.53. The molecule has 0 aliphatic rings. The van der Waals surface area contributed by atoms with E-state index >= 15 is 0 Å². The first-order valence-corrected chi connectivity index (χ1v) is 9.40. The van der Waals surface area contributed by atoms with Crippen LogP contribution in [-0.4, -0.2) is 31.3 Å². The van der Waals surface area contributed by atoms with Crippen molar-refractivity contribution in [3.63, 3.8) is 0 Å². The lowest BCUT2D eigenvalue weighted by molar-refractivity contribution is -0.116. The molecule has 0 saturated carbocycles. The molecule has 0 aliphatic heterocycles. The Morgan fingerprint density at radius 1 is 1.40 bits per heavy atom. The minimum Gasteiger partial charge on any atom is -0.297 e. The Hall–Kier alpha value is -2.50.